The van der Waals surface area contributed by atoms with Crippen LogP contribution in [-0.4, -0.2) is 53.3 Å². The molecule has 0 saturated carbocycles. The van der Waals surface area contributed by atoms with E-state index in [1.165, 1.54) is 0 Å². The number of aliphatic hydroxyl groups is 1. The molecular formula is C16H19N3O4. The number of nitrogens with one attached hydrogen (secondary N) is 1. The topological polar surface area (TPSA) is 103 Å². The van der Waals surface area contributed by atoms with Gasteiger partial charge < -0.3 is 20.4 Å². The molecule has 23 heavy (non-hydrogen) atoms. The lowest BCUT2D eigenvalue weighted by molar-refractivity contribution is -0.155. The number of fused-ring (bicyclic) bond motifs is 1. The molecule has 0 aliphatic heterocycles. The number of hydrogen-bond acceptors (Lipinski definition) is 5. The predicted molar refractivity (Wildman–Crippen MR) is 86.7 cm³/mol. The highest BCUT2D eigenvalue weighted by molar-refractivity contribution is 6.07. The minimum Gasteiger partial charge on any atom is -0.479 e. The predicted octanol–water partition coefficient (Wildman–Crippen LogP) is 0.866. The summed E-state index contributed by atoms with van der Waals surface area (Å²) in [7, 11) is 3.63. The average molecular weight is 317 g/mol. The summed E-state index contributed by atoms with van der Waals surface area (Å²) < 4.78 is 0. The number of carbonyl (C=O) groups is 2. The van der Waals surface area contributed by atoms with Crippen LogP contribution in [0.3, 0.4) is 0 Å². The Morgan fingerprint density at radius 2 is 1.96 bits per heavy atom. The number of carboxylic acids is 1. The van der Waals surface area contributed by atoms with Crippen LogP contribution >= 0.6 is 0 Å². The lowest BCUT2D eigenvalue weighted by Crippen LogP contribution is -2.46. The van der Waals surface area contributed by atoms with Crippen molar-refractivity contribution in [1.29, 1.82) is 0 Å². The second kappa shape index (κ2) is 6.21. The molecule has 3 N–H and O–H groups in total. The van der Waals surface area contributed by atoms with Gasteiger partial charge in [0.25, 0.3) is 5.91 Å². The van der Waals surface area contributed by atoms with Crippen LogP contribution in [0.15, 0.2) is 30.3 Å². The minimum atomic E-state index is -2.02. The summed E-state index contributed by atoms with van der Waals surface area (Å²) in [5, 5.41) is 21.7. The van der Waals surface area contributed by atoms with Crippen molar-refractivity contribution in [2.45, 2.75) is 12.5 Å². The number of para-hydroxylation sites is 1. The first-order valence-corrected chi connectivity index (χ1v) is 7.03. The number of anilines is 1. The molecule has 2 aromatic rings. The Bertz CT molecular complexity index is 756. The molecule has 2 rings (SSSR count). The quantitative estimate of drug-likeness (QED) is 0.756. The van der Waals surface area contributed by atoms with Crippen LogP contribution < -0.4 is 10.2 Å². The number of carbonyl (C=O) groups excluding carboxylic acids is 1. The highest BCUT2D eigenvalue weighted by Gasteiger charge is 2.30. The third-order valence-corrected chi connectivity index (χ3v) is 3.46. The SMILES string of the molecule is CN(C)c1cc(C(=O)NCC(C)(O)C(=O)O)c2ccccc2n1. The van der Waals surface area contributed by atoms with Crippen molar-refractivity contribution in [3.8, 4) is 0 Å². The zero-order valence-corrected chi connectivity index (χ0v) is 13.2. The van der Waals surface area contributed by atoms with Crippen LogP contribution in [0, 0.1) is 0 Å². The normalized spacial score (nSPS) is 13.4. The van der Waals surface area contributed by atoms with E-state index in [1.807, 2.05) is 20.2 Å². The molecule has 1 aromatic carbocycles. The maximum Gasteiger partial charge on any atom is 0.337 e. The van der Waals surface area contributed by atoms with Gasteiger partial charge in [-0.1, -0.05) is 18.2 Å². The number of pyridine rings is 1. The summed E-state index contributed by atoms with van der Waals surface area (Å²) in [5.41, 5.74) is -0.989. The number of hydrogen-bond donors (Lipinski definition) is 3. The van der Waals surface area contributed by atoms with Crippen LogP contribution in [-0.2, 0) is 4.79 Å². The first-order valence-electron chi connectivity index (χ1n) is 7.03. The fraction of sp³-hybridized carbons (Fsp3) is 0.312. The van der Waals surface area contributed by atoms with E-state index in [2.05, 4.69) is 10.3 Å². The summed E-state index contributed by atoms with van der Waals surface area (Å²) in [5.74, 6) is -1.25. The third kappa shape index (κ3) is 3.57. The van der Waals surface area contributed by atoms with E-state index < -0.39 is 24.0 Å². The van der Waals surface area contributed by atoms with Crippen LogP contribution in [0.5, 0.6) is 0 Å². The first-order chi connectivity index (χ1) is 10.7. The molecular weight excluding hydrogens is 298 g/mol. The van der Waals surface area contributed by atoms with Gasteiger partial charge in [-0.15, -0.1) is 0 Å². The Hall–Kier alpha value is -2.67. The third-order valence-electron chi connectivity index (χ3n) is 3.46. The van der Waals surface area contributed by atoms with E-state index in [0.29, 0.717) is 22.3 Å². The Morgan fingerprint density at radius 3 is 2.57 bits per heavy atom. The average Bonchev–Trinajstić information content (AvgIpc) is 2.51. The summed E-state index contributed by atoms with van der Waals surface area (Å²) in [4.78, 5) is 29.6. The number of carboxylic acid groups (broad SMARTS) is 1. The molecule has 0 saturated heterocycles. The summed E-state index contributed by atoms with van der Waals surface area (Å²) >= 11 is 0. The molecule has 1 aromatic heterocycles. The molecule has 122 valence electrons. The van der Waals surface area contributed by atoms with Gasteiger partial charge in [0.15, 0.2) is 5.60 Å². The maximum absolute atomic E-state index is 12.4. The Balaban J connectivity index is 2.38. The van der Waals surface area contributed by atoms with Gasteiger partial charge in [0, 0.05) is 19.5 Å². The van der Waals surface area contributed by atoms with Gasteiger partial charge in [-0.3, -0.25) is 4.79 Å². The largest absolute Gasteiger partial charge is 0.479 e. The number of nitrogens with zero attached hydrogens (tertiary/aromatic N) is 2. The fourth-order valence-corrected chi connectivity index (χ4v) is 2.00. The highest BCUT2D eigenvalue weighted by atomic mass is 16.4. The fourth-order valence-electron chi connectivity index (χ4n) is 2.00. The molecule has 0 aliphatic rings. The number of amides is 1. The van der Waals surface area contributed by atoms with Gasteiger partial charge in [-0.25, -0.2) is 9.78 Å². The molecule has 7 heteroatoms. The summed E-state index contributed by atoms with van der Waals surface area (Å²) in [6.45, 7) is 0.737. The van der Waals surface area contributed by atoms with Crippen molar-refractivity contribution in [3.05, 3.63) is 35.9 Å². The van der Waals surface area contributed by atoms with E-state index >= 15 is 0 Å². The maximum atomic E-state index is 12.4. The molecule has 0 radical (unpaired) electrons. The van der Waals surface area contributed by atoms with Crippen LogP contribution in [0.4, 0.5) is 5.82 Å². The van der Waals surface area contributed by atoms with Crippen LogP contribution in [0.1, 0.15) is 17.3 Å². The Kier molecular flexibility index (Phi) is 4.51. The molecule has 7 nitrogen and oxygen atoms in total. The first kappa shape index (κ1) is 16.7. The zero-order valence-electron chi connectivity index (χ0n) is 13.2. The van der Waals surface area contributed by atoms with E-state index in [4.69, 9.17) is 5.11 Å². The highest BCUT2D eigenvalue weighted by Crippen LogP contribution is 2.22. The van der Waals surface area contributed by atoms with Crippen molar-refractivity contribution >= 4 is 28.6 Å². The molecule has 1 amide bonds. The molecule has 1 atom stereocenters. The van der Waals surface area contributed by atoms with Crippen LogP contribution in [0.2, 0.25) is 0 Å². The standard InChI is InChI=1S/C16H19N3O4/c1-16(23,15(21)22)9-17-14(20)11-8-13(19(2)3)18-12-7-5-4-6-10(11)12/h4-8,23H,9H2,1-3H3,(H,17,20)(H,21,22). The lowest BCUT2D eigenvalue weighted by atomic mass is 10.1. The van der Waals surface area contributed by atoms with E-state index in [9.17, 15) is 14.7 Å². The zero-order chi connectivity index (χ0) is 17.2. The molecule has 0 bridgehead atoms. The Morgan fingerprint density at radius 1 is 1.30 bits per heavy atom. The van der Waals surface area contributed by atoms with Crippen LogP contribution in [0.25, 0.3) is 10.9 Å². The molecule has 1 unspecified atom stereocenters. The van der Waals surface area contributed by atoms with Gasteiger partial charge >= 0.3 is 5.97 Å². The Labute approximate surface area is 133 Å². The minimum absolute atomic E-state index is 0.375. The second-order valence-corrected chi connectivity index (χ2v) is 5.70. The van der Waals surface area contributed by atoms with Crippen molar-refractivity contribution in [2.24, 2.45) is 0 Å². The van der Waals surface area contributed by atoms with Gasteiger partial charge in [0.2, 0.25) is 0 Å². The van der Waals surface area contributed by atoms with Crippen molar-refractivity contribution in [1.82, 2.24) is 10.3 Å². The molecule has 1 heterocycles. The summed E-state index contributed by atoms with van der Waals surface area (Å²) in [6.07, 6.45) is 0. The van der Waals surface area contributed by atoms with E-state index in [-0.39, 0.29) is 0 Å². The number of rotatable bonds is 5. The van der Waals surface area contributed by atoms with Gasteiger partial charge in [0.05, 0.1) is 17.6 Å². The van der Waals surface area contributed by atoms with Crippen molar-refractivity contribution in [3.63, 3.8) is 0 Å². The number of aliphatic carboxylic acids is 1. The van der Waals surface area contributed by atoms with Gasteiger partial charge in [-0.05, 0) is 19.1 Å². The number of aromatic nitrogens is 1. The molecule has 0 spiro atoms. The van der Waals surface area contributed by atoms with Gasteiger partial charge in [-0.2, -0.15) is 0 Å². The van der Waals surface area contributed by atoms with Gasteiger partial charge in [0.1, 0.15) is 5.82 Å². The van der Waals surface area contributed by atoms with Crippen molar-refractivity contribution in [2.75, 3.05) is 25.5 Å². The second-order valence-electron chi connectivity index (χ2n) is 5.70. The van der Waals surface area contributed by atoms with E-state index in [1.54, 1.807) is 29.2 Å². The lowest BCUT2D eigenvalue weighted by Gasteiger charge is -2.19. The summed E-state index contributed by atoms with van der Waals surface area (Å²) in [6, 6.07) is 8.82. The molecule has 0 fully saturated rings. The number of benzene rings is 1. The van der Waals surface area contributed by atoms with Crippen molar-refractivity contribution < 1.29 is 19.8 Å². The molecule has 0 aliphatic carbocycles. The monoisotopic (exact) mass is 317 g/mol. The smallest absolute Gasteiger partial charge is 0.337 e. The van der Waals surface area contributed by atoms with E-state index in [0.717, 1.165) is 6.92 Å².